The number of ether oxygens (including phenoxy) is 1. The van der Waals surface area contributed by atoms with Crippen LogP contribution in [0.25, 0.3) is 0 Å². The van der Waals surface area contributed by atoms with Gasteiger partial charge in [0.25, 0.3) is 0 Å². The van der Waals surface area contributed by atoms with E-state index in [2.05, 4.69) is 5.32 Å². The molecule has 0 spiro atoms. The second-order valence-electron chi connectivity index (χ2n) is 6.30. The summed E-state index contributed by atoms with van der Waals surface area (Å²) in [4.78, 5) is 26.2. The molecule has 2 aliphatic heterocycles. The molecule has 1 aliphatic carbocycles. The number of carbonyl (C=O) groups excluding carboxylic acids is 2. The van der Waals surface area contributed by atoms with Crippen LogP contribution in [0.4, 0.5) is 0 Å². The Balaban J connectivity index is 1.50. The minimum absolute atomic E-state index is 0.00977. The van der Waals surface area contributed by atoms with Crippen molar-refractivity contribution in [3.05, 3.63) is 0 Å². The number of amides is 2. The molecule has 3 fully saturated rings. The molecule has 6 nitrogen and oxygen atoms in total. The van der Waals surface area contributed by atoms with Crippen molar-refractivity contribution >= 4 is 11.8 Å². The zero-order valence-electron chi connectivity index (χ0n) is 11.6. The van der Waals surface area contributed by atoms with Crippen molar-refractivity contribution in [1.82, 2.24) is 10.2 Å². The number of nitrogens with one attached hydrogen (secondary N) is 1. The number of hydrogen-bond acceptors (Lipinski definition) is 4. The van der Waals surface area contributed by atoms with E-state index in [1.54, 1.807) is 0 Å². The Labute approximate surface area is 118 Å². The van der Waals surface area contributed by atoms with E-state index >= 15 is 0 Å². The molecule has 0 bridgehead atoms. The Kier molecular flexibility index (Phi) is 3.69. The largest absolute Gasteiger partial charge is 0.395 e. The zero-order chi connectivity index (χ0) is 14.2. The second-order valence-corrected chi connectivity index (χ2v) is 6.30. The van der Waals surface area contributed by atoms with E-state index in [1.165, 1.54) is 0 Å². The lowest BCUT2D eigenvalue weighted by Gasteiger charge is -2.38. The van der Waals surface area contributed by atoms with E-state index < -0.39 is 5.41 Å². The monoisotopic (exact) mass is 282 g/mol. The number of nitrogens with zero attached hydrogens (tertiary/aromatic N) is 1. The van der Waals surface area contributed by atoms with Crippen molar-refractivity contribution in [2.75, 3.05) is 32.9 Å². The van der Waals surface area contributed by atoms with Crippen LogP contribution >= 0.6 is 0 Å². The van der Waals surface area contributed by atoms with Gasteiger partial charge < -0.3 is 20.1 Å². The Hall–Kier alpha value is -1.14. The van der Waals surface area contributed by atoms with Crippen molar-refractivity contribution in [2.24, 2.45) is 11.3 Å². The molecule has 112 valence electrons. The molecular weight excluding hydrogens is 260 g/mol. The molecule has 2 heterocycles. The SMILES string of the molecule is O=C(C1CCC1)N1CC[C@H](NC(=O)C2(CO)COC2)C1. The predicted octanol–water partition coefficient (Wildman–Crippen LogP) is -0.487. The van der Waals surface area contributed by atoms with Gasteiger partial charge in [0.15, 0.2) is 0 Å². The molecule has 3 rings (SSSR count). The van der Waals surface area contributed by atoms with Crippen LogP contribution in [0.15, 0.2) is 0 Å². The Bertz CT molecular complexity index is 398. The molecule has 3 aliphatic rings. The van der Waals surface area contributed by atoms with Crippen LogP contribution in [0, 0.1) is 11.3 Å². The zero-order valence-corrected chi connectivity index (χ0v) is 11.6. The standard InChI is InChI=1S/C14H22N2O4/c17-7-14(8-20-9-14)13(19)15-11-4-5-16(6-11)12(18)10-2-1-3-10/h10-11,17H,1-9H2,(H,15,19)/t11-/m0/s1. The van der Waals surface area contributed by atoms with Gasteiger partial charge in [0.05, 0.1) is 19.8 Å². The lowest BCUT2D eigenvalue weighted by atomic mass is 9.84. The summed E-state index contributed by atoms with van der Waals surface area (Å²) in [5.41, 5.74) is -0.759. The Morgan fingerprint density at radius 1 is 1.30 bits per heavy atom. The quantitative estimate of drug-likeness (QED) is 0.729. The van der Waals surface area contributed by atoms with E-state index in [4.69, 9.17) is 4.74 Å². The third-order valence-corrected chi connectivity index (χ3v) is 4.83. The maximum absolute atomic E-state index is 12.2. The molecule has 0 unspecified atom stereocenters. The third-order valence-electron chi connectivity index (χ3n) is 4.83. The van der Waals surface area contributed by atoms with Crippen LogP contribution in [0.1, 0.15) is 25.7 Å². The van der Waals surface area contributed by atoms with Gasteiger partial charge in [0, 0.05) is 25.0 Å². The lowest BCUT2D eigenvalue weighted by molar-refractivity contribution is -0.170. The van der Waals surface area contributed by atoms with Crippen LogP contribution in [-0.4, -0.2) is 60.8 Å². The fraction of sp³-hybridized carbons (Fsp3) is 0.857. The van der Waals surface area contributed by atoms with Gasteiger partial charge in [-0.05, 0) is 19.3 Å². The highest BCUT2D eigenvalue weighted by atomic mass is 16.5. The Morgan fingerprint density at radius 3 is 2.55 bits per heavy atom. The smallest absolute Gasteiger partial charge is 0.233 e. The van der Waals surface area contributed by atoms with E-state index in [-0.39, 0.29) is 43.6 Å². The van der Waals surface area contributed by atoms with Crippen molar-refractivity contribution in [3.8, 4) is 0 Å². The van der Waals surface area contributed by atoms with Gasteiger partial charge in [-0.2, -0.15) is 0 Å². The molecule has 2 saturated heterocycles. The summed E-state index contributed by atoms with van der Waals surface area (Å²) in [5, 5.41) is 12.3. The van der Waals surface area contributed by atoms with Crippen LogP contribution in [0.3, 0.4) is 0 Å². The van der Waals surface area contributed by atoms with E-state index in [0.29, 0.717) is 6.54 Å². The van der Waals surface area contributed by atoms with Crippen LogP contribution in [0.2, 0.25) is 0 Å². The molecule has 20 heavy (non-hydrogen) atoms. The average molecular weight is 282 g/mol. The Morgan fingerprint density at radius 2 is 2.05 bits per heavy atom. The summed E-state index contributed by atoms with van der Waals surface area (Å²) in [6.45, 7) is 1.71. The number of aliphatic hydroxyl groups is 1. The predicted molar refractivity (Wildman–Crippen MR) is 70.8 cm³/mol. The first-order valence-electron chi connectivity index (χ1n) is 7.43. The molecule has 0 aromatic carbocycles. The van der Waals surface area contributed by atoms with Crippen LogP contribution in [0.5, 0.6) is 0 Å². The molecule has 1 atom stereocenters. The average Bonchev–Trinajstić information content (AvgIpc) is 2.74. The summed E-state index contributed by atoms with van der Waals surface area (Å²) >= 11 is 0. The molecular formula is C14H22N2O4. The van der Waals surface area contributed by atoms with Gasteiger partial charge in [0.1, 0.15) is 5.41 Å². The summed E-state index contributed by atoms with van der Waals surface area (Å²) in [7, 11) is 0. The number of rotatable bonds is 4. The molecule has 6 heteroatoms. The third kappa shape index (κ3) is 2.31. The van der Waals surface area contributed by atoms with E-state index in [9.17, 15) is 14.7 Å². The molecule has 0 aromatic rings. The normalized spacial score (nSPS) is 28.6. The van der Waals surface area contributed by atoms with Crippen molar-refractivity contribution in [3.63, 3.8) is 0 Å². The molecule has 0 radical (unpaired) electrons. The molecule has 0 aromatic heterocycles. The van der Waals surface area contributed by atoms with Gasteiger partial charge in [-0.1, -0.05) is 6.42 Å². The first-order chi connectivity index (χ1) is 9.64. The van der Waals surface area contributed by atoms with E-state index in [0.717, 1.165) is 32.2 Å². The minimum Gasteiger partial charge on any atom is -0.395 e. The number of likely N-dealkylation sites (tertiary alicyclic amines) is 1. The van der Waals surface area contributed by atoms with Gasteiger partial charge in [-0.3, -0.25) is 9.59 Å². The van der Waals surface area contributed by atoms with Crippen molar-refractivity contribution in [1.29, 1.82) is 0 Å². The molecule has 2 amide bonds. The lowest BCUT2D eigenvalue weighted by Crippen LogP contribution is -2.58. The summed E-state index contributed by atoms with van der Waals surface area (Å²) in [6.07, 6.45) is 3.98. The molecule has 1 saturated carbocycles. The number of hydrogen-bond donors (Lipinski definition) is 2. The van der Waals surface area contributed by atoms with E-state index in [1.807, 2.05) is 4.90 Å². The minimum atomic E-state index is -0.759. The van der Waals surface area contributed by atoms with Gasteiger partial charge in [-0.15, -0.1) is 0 Å². The fourth-order valence-electron chi connectivity index (χ4n) is 2.97. The van der Waals surface area contributed by atoms with Crippen LogP contribution in [-0.2, 0) is 14.3 Å². The second kappa shape index (κ2) is 5.33. The highest BCUT2D eigenvalue weighted by Crippen LogP contribution is 2.30. The first-order valence-corrected chi connectivity index (χ1v) is 7.43. The highest BCUT2D eigenvalue weighted by Gasteiger charge is 2.46. The van der Waals surface area contributed by atoms with Gasteiger partial charge in [0.2, 0.25) is 11.8 Å². The fourth-order valence-corrected chi connectivity index (χ4v) is 2.97. The van der Waals surface area contributed by atoms with Gasteiger partial charge >= 0.3 is 0 Å². The summed E-state index contributed by atoms with van der Waals surface area (Å²) in [5.74, 6) is 0.319. The van der Waals surface area contributed by atoms with Crippen molar-refractivity contribution in [2.45, 2.75) is 31.7 Å². The number of carbonyl (C=O) groups is 2. The molecule has 2 N–H and O–H groups in total. The summed E-state index contributed by atoms with van der Waals surface area (Å²) < 4.78 is 5.04. The maximum Gasteiger partial charge on any atom is 0.233 e. The van der Waals surface area contributed by atoms with Gasteiger partial charge in [-0.25, -0.2) is 0 Å². The maximum atomic E-state index is 12.2. The van der Waals surface area contributed by atoms with Crippen LogP contribution < -0.4 is 5.32 Å². The number of aliphatic hydroxyl groups excluding tert-OH is 1. The highest BCUT2D eigenvalue weighted by molar-refractivity contribution is 5.84. The summed E-state index contributed by atoms with van der Waals surface area (Å²) in [6, 6.07) is 0.00977. The first kappa shape index (κ1) is 13.8. The topological polar surface area (TPSA) is 78.9 Å². The van der Waals surface area contributed by atoms with Crippen molar-refractivity contribution < 1.29 is 19.4 Å².